The van der Waals surface area contributed by atoms with Crippen molar-refractivity contribution >= 4 is 33.3 Å². The number of hydrogen-bond donors (Lipinski definition) is 0. The fourth-order valence-electron chi connectivity index (χ4n) is 1.66. The molecule has 1 fully saturated rings. The van der Waals surface area contributed by atoms with Gasteiger partial charge in [-0.3, -0.25) is 4.79 Å². The van der Waals surface area contributed by atoms with Gasteiger partial charge in [-0.2, -0.15) is 0 Å². The molecule has 2 rings (SSSR count). The molecule has 1 aliphatic rings. The lowest BCUT2D eigenvalue weighted by molar-refractivity contribution is 0.0900. The number of ether oxygens (including phenoxy) is 1. The van der Waals surface area contributed by atoms with E-state index in [1.54, 1.807) is 6.07 Å². The molecule has 1 aromatic carbocycles. The Morgan fingerprint density at radius 2 is 2.33 bits per heavy atom. The van der Waals surface area contributed by atoms with E-state index in [0.29, 0.717) is 23.8 Å². The first-order valence-corrected chi connectivity index (χ1v) is 5.93. The summed E-state index contributed by atoms with van der Waals surface area (Å²) < 4.78 is 5.95. The second-order valence-electron chi connectivity index (χ2n) is 3.53. The first-order chi connectivity index (χ1) is 7.20. The van der Waals surface area contributed by atoms with Crippen LogP contribution in [0.3, 0.4) is 0 Å². The molecule has 1 heterocycles. The van der Waals surface area contributed by atoms with E-state index in [2.05, 4.69) is 15.9 Å². The summed E-state index contributed by atoms with van der Waals surface area (Å²) in [6, 6.07) is 5.40. The van der Waals surface area contributed by atoms with E-state index in [9.17, 15) is 4.79 Å². The standard InChI is InChI=1S/C11H10BrClO2/c12-9-3-1-2-8(10(9)13)11(14)7-4-5-15-6-7/h1-3,7H,4-6H2. The Labute approximate surface area is 102 Å². The lowest BCUT2D eigenvalue weighted by Crippen LogP contribution is -2.15. The van der Waals surface area contributed by atoms with Crippen LogP contribution >= 0.6 is 27.5 Å². The van der Waals surface area contributed by atoms with Gasteiger partial charge >= 0.3 is 0 Å². The molecule has 0 N–H and O–H groups in total. The van der Waals surface area contributed by atoms with Crippen molar-refractivity contribution < 1.29 is 9.53 Å². The van der Waals surface area contributed by atoms with Crippen LogP contribution in [0.2, 0.25) is 5.02 Å². The van der Waals surface area contributed by atoms with Gasteiger partial charge in [0.05, 0.1) is 11.6 Å². The second kappa shape index (κ2) is 4.64. The molecule has 0 aromatic heterocycles. The van der Waals surface area contributed by atoms with E-state index < -0.39 is 0 Å². The van der Waals surface area contributed by atoms with Crippen molar-refractivity contribution in [2.75, 3.05) is 13.2 Å². The SMILES string of the molecule is O=C(c1cccc(Br)c1Cl)C1CCOC1. The van der Waals surface area contributed by atoms with Crippen LogP contribution < -0.4 is 0 Å². The molecule has 0 bridgehead atoms. The third kappa shape index (κ3) is 2.25. The van der Waals surface area contributed by atoms with Gasteiger partial charge in [0.2, 0.25) is 0 Å². The molecule has 0 amide bonds. The van der Waals surface area contributed by atoms with Crippen LogP contribution in [0.4, 0.5) is 0 Å². The molecular formula is C11H10BrClO2. The molecule has 0 aliphatic carbocycles. The summed E-state index contributed by atoms with van der Waals surface area (Å²) in [7, 11) is 0. The van der Waals surface area contributed by atoms with Crippen LogP contribution in [0.15, 0.2) is 22.7 Å². The minimum absolute atomic E-state index is 0.0307. The van der Waals surface area contributed by atoms with Crippen molar-refractivity contribution in [1.29, 1.82) is 0 Å². The van der Waals surface area contributed by atoms with E-state index in [-0.39, 0.29) is 11.7 Å². The smallest absolute Gasteiger partial charge is 0.169 e. The Balaban J connectivity index is 2.28. The fraction of sp³-hybridized carbons (Fsp3) is 0.364. The average Bonchev–Trinajstić information content (AvgIpc) is 2.74. The van der Waals surface area contributed by atoms with Crippen LogP contribution in [-0.4, -0.2) is 19.0 Å². The summed E-state index contributed by atoms with van der Waals surface area (Å²) in [6.07, 6.45) is 0.793. The van der Waals surface area contributed by atoms with E-state index >= 15 is 0 Å². The van der Waals surface area contributed by atoms with E-state index in [0.717, 1.165) is 10.9 Å². The first kappa shape index (κ1) is 11.1. The zero-order valence-corrected chi connectivity index (χ0v) is 10.3. The van der Waals surface area contributed by atoms with Crippen LogP contribution in [0.25, 0.3) is 0 Å². The molecule has 0 radical (unpaired) electrons. The van der Waals surface area contributed by atoms with E-state index in [1.165, 1.54) is 0 Å². The predicted octanol–water partition coefficient (Wildman–Crippen LogP) is 3.32. The molecule has 1 aromatic rings. The lowest BCUT2D eigenvalue weighted by atomic mass is 9.97. The Morgan fingerprint density at radius 1 is 1.53 bits per heavy atom. The maximum Gasteiger partial charge on any atom is 0.169 e. The van der Waals surface area contributed by atoms with E-state index in [4.69, 9.17) is 16.3 Å². The molecule has 15 heavy (non-hydrogen) atoms. The number of carbonyl (C=O) groups excluding carboxylic acids is 1. The van der Waals surface area contributed by atoms with E-state index in [1.807, 2.05) is 12.1 Å². The van der Waals surface area contributed by atoms with Crippen molar-refractivity contribution in [1.82, 2.24) is 0 Å². The molecule has 2 nitrogen and oxygen atoms in total. The topological polar surface area (TPSA) is 26.3 Å². The minimum atomic E-state index is -0.0307. The molecule has 0 spiro atoms. The Hall–Kier alpha value is -0.380. The molecule has 1 atom stereocenters. The number of hydrogen-bond acceptors (Lipinski definition) is 2. The summed E-state index contributed by atoms with van der Waals surface area (Å²) in [5, 5.41) is 0.495. The Bertz CT molecular complexity index is 386. The van der Waals surface area contributed by atoms with Crippen molar-refractivity contribution in [2.24, 2.45) is 5.92 Å². The summed E-state index contributed by atoms with van der Waals surface area (Å²) in [6.45, 7) is 1.18. The van der Waals surface area contributed by atoms with Gasteiger partial charge < -0.3 is 4.74 Å². The number of ketones is 1. The van der Waals surface area contributed by atoms with Crippen molar-refractivity contribution in [3.8, 4) is 0 Å². The van der Waals surface area contributed by atoms with Crippen LogP contribution in [-0.2, 0) is 4.74 Å². The van der Waals surface area contributed by atoms with Gasteiger partial charge in [0.15, 0.2) is 5.78 Å². The zero-order valence-electron chi connectivity index (χ0n) is 8.00. The third-order valence-corrected chi connectivity index (χ3v) is 3.81. The monoisotopic (exact) mass is 288 g/mol. The Morgan fingerprint density at radius 3 is 3.00 bits per heavy atom. The molecule has 1 aliphatic heterocycles. The summed E-state index contributed by atoms with van der Waals surface area (Å²) in [4.78, 5) is 12.0. The summed E-state index contributed by atoms with van der Waals surface area (Å²) in [5.74, 6) is 0.0515. The largest absolute Gasteiger partial charge is 0.381 e. The highest BCUT2D eigenvalue weighted by Crippen LogP contribution is 2.29. The van der Waals surface area contributed by atoms with Gasteiger partial charge in [-0.15, -0.1) is 0 Å². The van der Waals surface area contributed by atoms with Crippen molar-refractivity contribution in [2.45, 2.75) is 6.42 Å². The summed E-state index contributed by atoms with van der Waals surface area (Å²) in [5.41, 5.74) is 0.585. The molecule has 1 saturated heterocycles. The number of benzene rings is 1. The van der Waals surface area contributed by atoms with Crippen LogP contribution in [0, 0.1) is 5.92 Å². The summed E-state index contributed by atoms with van der Waals surface area (Å²) >= 11 is 9.37. The first-order valence-electron chi connectivity index (χ1n) is 4.76. The average molecular weight is 290 g/mol. The number of halogens is 2. The quantitative estimate of drug-likeness (QED) is 0.781. The number of carbonyl (C=O) groups is 1. The molecular weight excluding hydrogens is 279 g/mol. The van der Waals surface area contributed by atoms with Crippen LogP contribution in [0.1, 0.15) is 16.8 Å². The molecule has 4 heteroatoms. The fourth-order valence-corrected chi connectivity index (χ4v) is 2.24. The van der Waals surface area contributed by atoms with Crippen LogP contribution in [0.5, 0.6) is 0 Å². The second-order valence-corrected chi connectivity index (χ2v) is 4.76. The van der Waals surface area contributed by atoms with Gasteiger partial charge in [0.1, 0.15) is 0 Å². The highest BCUT2D eigenvalue weighted by molar-refractivity contribution is 9.10. The minimum Gasteiger partial charge on any atom is -0.381 e. The molecule has 80 valence electrons. The lowest BCUT2D eigenvalue weighted by Gasteiger charge is -2.08. The molecule has 1 unspecified atom stereocenters. The zero-order chi connectivity index (χ0) is 10.8. The van der Waals surface area contributed by atoms with Gasteiger partial charge in [0, 0.05) is 22.6 Å². The molecule has 0 saturated carbocycles. The van der Waals surface area contributed by atoms with Crippen molar-refractivity contribution in [3.63, 3.8) is 0 Å². The maximum absolute atomic E-state index is 12.0. The highest BCUT2D eigenvalue weighted by Gasteiger charge is 2.26. The van der Waals surface area contributed by atoms with Gasteiger partial charge in [-0.1, -0.05) is 17.7 Å². The Kier molecular flexibility index (Phi) is 3.44. The predicted molar refractivity (Wildman–Crippen MR) is 62.4 cm³/mol. The van der Waals surface area contributed by atoms with Gasteiger partial charge in [-0.05, 0) is 34.5 Å². The van der Waals surface area contributed by atoms with Crippen molar-refractivity contribution in [3.05, 3.63) is 33.3 Å². The maximum atomic E-state index is 12.0. The number of Topliss-reactive ketones (excluding diaryl/α,β-unsaturated/α-hetero) is 1. The third-order valence-electron chi connectivity index (χ3n) is 2.52. The normalized spacial score (nSPS) is 20.5. The van der Waals surface area contributed by atoms with Gasteiger partial charge in [-0.25, -0.2) is 0 Å². The highest BCUT2D eigenvalue weighted by atomic mass is 79.9. The van der Waals surface area contributed by atoms with Gasteiger partial charge in [0.25, 0.3) is 0 Å². The number of rotatable bonds is 2.